The zero-order valence-corrected chi connectivity index (χ0v) is 12.6. The minimum Gasteiger partial charge on any atom is -0.342 e. The number of hydrogen-bond acceptors (Lipinski definition) is 2. The van der Waals surface area contributed by atoms with Crippen LogP contribution in [0.1, 0.15) is 44.1 Å². The molecular weight excluding hydrogens is 250 g/mol. The molecule has 1 saturated heterocycles. The van der Waals surface area contributed by atoms with E-state index in [0.717, 1.165) is 51.7 Å². The van der Waals surface area contributed by atoms with Crippen molar-refractivity contribution in [1.82, 2.24) is 14.5 Å². The molecule has 1 saturated carbocycles. The fourth-order valence-electron chi connectivity index (χ4n) is 3.25. The Morgan fingerprint density at radius 1 is 1.40 bits per heavy atom. The molecule has 4 heteroatoms. The van der Waals surface area contributed by atoms with Crippen molar-refractivity contribution in [1.29, 1.82) is 0 Å². The quantitative estimate of drug-likeness (QED) is 0.827. The first-order valence-electron chi connectivity index (χ1n) is 7.98. The van der Waals surface area contributed by atoms with Crippen molar-refractivity contribution in [2.24, 2.45) is 11.8 Å². The molecule has 1 unspecified atom stereocenters. The minimum atomic E-state index is 0.359. The highest BCUT2D eigenvalue weighted by Crippen LogP contribution is 2.33. The summed E-state index contributed by atoms with van der Waals surface area (Å²) in [5.41, 5.74) is 1.26. The highest BCUT2D eigenvalue weighted by molar-refractivity contribution is 5.81. The van der Waals surface area contributed by atoms with Gasteiger partial charge >= 0.3 is 0 Å². The summed E-state index contributed by atoms with van der Waals surface area (Å²) in [6.45, 7) is 7.28. The molecule has 1 aliphatic heterocycles. The maximum Gasteiger partial charge on any atom is 0.225 e. The van der Waals surface area contributed by atoms with Crippen molar-refractivity contribution in [3.8, 4) is 0 Å². The van der Waals surface area contributed by atoms with Crippen LogP contribution in [0.5, 0.6) is 0 Å². The van der Waals surface area contributed by atoms with Gasteiger partial charge in [0.1, 0.15) is 5.82 Å². The molecule has 0 spiro atoms. The Bertz CT molecular complexity index is 490. The van der Waals surface area contributed by atoms with E-state index in [-0.39, 0.29) is 0 Å². The maximum atomic E-state index is 12.1. The fraction of sp³-hybridized carbons (Fsp3) is 0.750. The van der Waals surface area contributed by atoms with Crippen LogP contribution in [-0.2, 0) is 17.8 Å². The van der Waals surface area contributed by atoms with Gasteiger partial charge in [-0.3, -0.25) is 4.79 Å². The molecule has 1 atom stereocenters. The third kappa shape index (κ3) is 2.74. The van der Waals surface area contributed by atoms with Crippen molar-refractivity contribution in [2.45, 2.75) is 52.5 Å². The standard InChI is InChI=1S/C16H25N3O/c1-3-7-19-12(2)10-17-15(19)9-13-6-8-18(11-13)16(20)14-4-5-14/h10,13-14H,3-9,11H2,1-2H3. The molecule has 0 radical (unpaired) electrons. The number of carbonyl (C=O) groups is 1. The zero-order valence-electron chi connectivity index (χ0n) is 12.6. The lowest BCUT2D eigenvalue weighted by Crippen LogP contribution is -2.30. The number of amides is 1. The van der Waals surface area contributed by atoms with E-state index in [2.05, 4.69) is 28.3 Å². The number of aromatic nitrogens is 2. The summed E-state index contributed by atoms with van der Waals surface area (Å²) < 4.78 is 2.34. The van der Waals surface area contributed by atoms with Crippen LogP contribution in [0.3, 0.4) is 0 Å². The van der Waals surface area contributed by atoms with Crippen LogP contribution < -0.4 is 0 Å². The molecule has 1 amide bonds. The molecule has 110 valence electrons. The largest absolute Gasteiger partial charge is 0.342 e. The zero-order chi connectivity index (χ0) is 14.1. The van der Waals surface area contributed by atoms with E-state index in [4.69, 9.17) is 0 Å². The predicted molar refractivity (Wildman–Crippen MR) is 78.4 cm³/mol. The van der Waals surface area contributed by atoms with Crippen LogP contribution in [0.15, 0.2) is 6.20 Å². The molecule has 0 bridgehead atoms. The molecule has 0 aromatic carbocycles. The first kappa shape index (κ1) is 13.7. The van der Waals surface area contributed by atoms with E-state index in [1.165, 1.54) is 11.5 Å². The molecular formula is C16H25N3O. The average molecular weight is 275 g/mol. The second kappa shape index (κ2) is 5.58. The molecule has 3 rings (SSSR count). The van der Waals surface area contributed by atoms with Gasteiger partial charge in [0.15, 0.2) is 0 Å². The topological polar surface area (TPSA) is 38.1 Å². The van der Waals surface area contributed by atoms with Crippen molar-refractivity contribution in [2.75, 3.05) is 13.1 Å². The Hall–Kier alpha value is -1.32. The Balaban J connectivity index is 1.60. The third-order valence-electron chi connectivity index (χ3n) is 4.58. The first-order chi connectivity index (χ1) is 9.69. The summed E-state index contributed by atoms with van der Waals surface area (Å²) in [6, 6.07) is 0. The molecule has 1 aliphatic carbocycles. The minimum absolute atomic E-state index is 0.359. The van der Waals surface area contributed by atoms with Crippen molar-refractivity contribution < 1.29 is 4.79 Å². The first-order valence-corrected chi connectivity index (χ1v) is 7.98. The smallest absolute Gasteiger partial charge is 0.225 e. The molecule has 20 heavy (non-hydrogen) atoms. The van der Waals surface area contributed by atoms with Crippen LogP contribution in [0, 0.1) is 18.8 Å². The molecule has 0 N–H and O–H groups in total. The summed E-state index contributed by atoms with van der Waals surface area (Å²) in [6.07, 6.45) is 7.49. The van der Waals surface area contributed by atoms with Gasteiger partial charge in [0.2, 0.25) is 5.91 Å². The lowest BCUT2D eigenvalue weighted by atomic mass is 10.0. The SMILES string of the molecule is CCCn1c(C)cnc1CC1CCN(C(=O)C2CC2)C1. The van der Waals surface area contributed by atoms with E-state index in [9.17, 15) is 4.79 Å². The van der Waals surface area contributed by atoms with Crippen molar-refractivity contribution in [3.05, 3.63) is 17.7 Å². The summed E-state index contributed by atoms with van der Waals surface area (Å²) in [4.78, 5) is 18.7. The molecule has 1 aromatic rings. The number of carbonyl (C=O) groups excluding carboxylic acids is 1. The van der Waals surface area contributed by atoms with Gasteiger partial charge < -0.3 is 9.47 Å². The predicted octanol–water partition coefficient (Wildman–Crippen LogP) is 2.40. The normalized spacial score (nSPS) is 22.5. The van der Waals surface area contributed by atoms with E-state index in [0.29, 0.717) is 17.7 Å². The molecule has 2 aliphatic rings. The third-order valence-corrected chi connectivity index (χ3v) is 4.58. The summed E-state index contributed by atoms with van der Waals surface area (Å²) in [5, 5.41) is 0. The van der Waals surface area contributed by atoms with Gasteiger partial charge in [-0.25, -0.2) is 4.98 Å². The van der Waals surface area contributed by atoms with Crippen LogP contribution in [-0.4, -0.2) is 33.4 Å². The van der Waals surface area contributed by atoms with Crippen molar-refractivity contribution in [3.63, 3.8) is 0 Å². The number of hydrogen-bond donors (Lipinski definition) is 0. The molecule has 1 aromatic heterocycles. The fourth-order valence-corrected chi connectivity index (χ4v) is 3.25. The molecule has 2 heterocycles. The van der Waals surface area contributed by atoms with E-state index >= 15 is 0 Å². The Morgan fingerprint density at radius 3 is 2.90 bits per heavy atom. The van der Waals surface area contributed by atoms with Crippen LogP contribution in [0.2, 0.25) is 0 Å². The highest BCUT2D eigenvalue weighted by Gasteiger charge is 2.36. The van der Waals surface area contributed by atoms with Crippen LogP contribution in [0.4, 0.5) is 0 Å². The van der Waals surface area contributed by atoms with Gasteiger partial charge in [0.05, 0.1) is 0 Å². The average Bonchev–Trinajstić information content (AvgIpc) is 3.11. The Morgan fingerprint density at radius 2 is 2.20 bits per heavy atom. The number of imidazole rings is 1. The van der Waals surface area contributed by atoms with E-state index in [1.807, 2.05) is 6.20 Å². The number of aryl methyl sites for hydroxylation is 1. The maximum absolute atomic E-state index is 12.1. The second-order valence-electron chi connectivity index (χ2n) is 6.38. The lowest BCUT2D eigenvalue weighted by molar-refractivity contribution is -0.131. The molecule has 4 nitrogen and oxygen atoms in total. The molecule has 2 fully saturated rings. The monoisotopic (exact) mass is 275 g/mol. The van der Waals surface area contributed by atoms with Gasteiger partial charge in [0.25, 0.3) is 0 Å². The number of nitrogens with zero attached hydrogens (tertiary/aromatic N) is 3. The number of rotatable bonds is 5. The Kier molecular flexibility index (Phi) is 3.81. The van der Waals surface area contributed by atoms with Gasteiger partial charge in [-0.15, -0.1) is 0 Å². The van der Waals surface area contributed by atoms with E-state index in [1.54, 1.807) is 0 Å². The van der Waals surface area contributed by atoms with Gasteiger partial charge in [0, 0.05) is 43.9 Å². The van der Waals surface area contributed by atoms with E-state index < -0.39 is 0 Å². The second-order valence-corrected chi connectivity index (χ2v) is 6.38. The Labute approximate surface area is 121 Å². The summed E-state index contributed by atoms with van der Waals surface area (Å²) in [7, 11) is 0. The van der Waals surface area contributed by atoms with Gasteiger partial charge in [-0.05, 0) is 38.5 Å². The summed E-state index contributed by atoms with van der Waals surface area (Å²) in [5.74, 6) is 2.56. The van der Waals surface area contributed by atoms with Crippen LogP contribution >= 0.6 is 0 Å². The van der Waals surface area contributed by atoms with Gasteiger partial charge in [-0.1, -0.05) is 6.92 Å². The summed E-state index contributed by atoms with van der Waals surface area (Å²) >= 11 is 0. The van der Waals surface area contributed by atoms with Crippen molar-refractivity contribution >= 4 is 5.91 Å². The highest BCUT2D eigenvalue weighted by atomic mass is 16.2. The number of likely N-dealkylation sites (tertiary alicyclic amines) is 1. The van der Waals surface area contributed by atoms with Crippen LogP contribution in [0.25, 0.3) is 0 Å². The lowest BCUT2D eigenvalue weighted by Gasteiger charge is -2.16. The van der Waals surface area contributed by atoms with Gasteiger partial charge in [-0.2, -0.15) is 0 Å².